The largest absolute Gasteiger partial charge is 0.304 e. The van der Waals surface area contributed by atoms with E-state index in [0.717, 1.165) is 0 Å². The Morgan fingerprint density at radius 3 is 2.33 bits per heavy atom. The van der Waals surface area contributed by atoms with Crippen LogP contribution in [-0.2, 0) is 0 Å². The van der Waals surface area contributed by atoms with Crippen molar-refractivity contribution in [3.05, 3.63) is 12.7 Å². The van der Waals surface area contributed by atoms with Gasteiger partial charge in [-0.25, -0.2) is 0 Å². The van der Waals surface area contributed by atoms with Gasteiger partial charge in [-0.05, 0) is 38.5 Å². The minimum Gasteiger partial charge on any atom is -0.304 e. The maximum absolute atomic E-state index is 3.86. The van der Waals surface area contributed by atoms with Gasteiger partial charge < -0.3 is 4.90 Å². The van der Waals surface area contributed by atoms with Crippen molar-refractivity contribution in [3.8, 4) is 0 Å². The van der Waals surface area contributed by atoms with Gasteiger partial charge in [-0.3, -0.25) is 0 Å². The summed E-state index contributed by atoms with van der Waals surface area (Å²) in [6, 6.07) is 2.71. The van der Waals surface area contributed by atoms with Crippen molar-refractivity contribution in [2.45, 2.75) is 51.9 Å². The molecule has 0 amide bonds. The Hall–Kier alpha value is -0.0831. The highest BCUT2D eigenvalue weighted by Gasteiger charge is 2.18. The van der Waals surface area contributed by atoms with Crippen molar-refractivity contribution in [1.82, 2.24) is 4.90 Å². The second-order valence-corrected chi connectivity index (χ2v) is 10.4. The number of hydrogen-bond acceptors (Lipinski definition) is 1. The van der Waals surface area contributed by atoms with E-state index in [1.54, 1.807) is 0 Å². The normalized spacial score (nSPS) is 12.1. The van der Waals surface area contributed by atoms with E-state index in [1.165, 1.54) is 44.6 Å². The molecule has 0 aliphatic rings. The van der Waals surface area contributed by atoms with Crippen molar-refractivity contribution in [3.63, 3.8) is 0 Å². The highest BCUT2D eigenvalue weighted by Crippen LogP contribution is 2.17. The standard InChI is InChI=1S/C13H29NSi/c1-6-10-14(8-3)11-9-13-15(4,5)12-7-2/h7H,2,6,8-13H2,1,3-5H3. The van der Waals surface area contributed by atoms with Gasteiger partial charge in [0.05, 0.1) is 8.07 Å². The van der Waals surface area contributed by atoms with Crippen LogP contribution in [0, 0.1) is 0 Å². The summed E-state index contributed by atoms with van der Waals surface area (Å²) in [6.07, 6.45) is 4.76. The molecular formula is C13H29NSi. The molecule has 0 rings (SSSR count). The highest BCUT2D eigenvalue weighted by atomic mass is 28.3. The zero-order valence-corrected chi connectivity index (χ0v) is 12.2. The van der Waals surface area contributed by atoms with Crippen molar-refractivity contribution < 1.29 is 0 Å². The first-order chi connectivity index (χ1) is 7.05. The molecule has 0 aromatic heterocycles. The third kappa shape index (κ3) is 7.80. The van der Waals surface area contributed by atoms with E-state index < -0.39 is 8.07 Å². The third-order valence-corrected chi connectivity index (χ3v) is 6.11. The summed E-state index contributed by atoms with van der Waals surface area (Å²) in [6.45, 7) is 17.1. The average molecular weight is 227 g/mol. The average Bonchev–Trinajstić information content (AvgIpc) is 2.16. The Morgan fingerprint density at radius 2 is 1.87 bits per heavy atom. The summed E-state index contributed by atoms with van der Waals surface area (Å²) in [4.78, 5) is 2.57. The topological polar surface area (TPSA) is 3.24 Å². The van der Waals surface area contributed by atoms with Crippen molar-refractivity contribution in [2.75, 3.05) is 19.6 Å². The molecule has 0 radical (unpaired) electrons. The first-order valence-corrected chi connectivity index (χ1v) is 9.80. The summed E-state index contributed by atoms with van der Waals surface area (Å²) < 4.78 is 0. The van der Waals surface area contributed by atoms with Crippen molar-refractivity contribution in [2.24, 2.45) is 0 Å². The Kier molecular flexibility index (Phi) is 8.07. The molecule has 0 aliphatic carbocycles. The highest BCUT2D eigenvalue weighted by molar-refractivity contribution is 6.77. The zero-order valence-electron chi connectivity index (χ0n) is 11.2. The maximum atomic E-state index is 3.86. The van der Waals surface area contributed by atoms with E-state index >= 15 is 0 Å². The van der Waals surface area contributed by atoms with Gasteiger partial charge in [0, 0.05) is 0 Å². The molecule has 1 nitrogen and oxygen atoms in total. The first kappa shape index (κ1) is 14.9. The zero-order chi connectivity index (χ0) is 11.7. The van der Waals surface area contributed by atoms with Gasteiger partial charge in [-0.15, -0.1) is 6.58 Å². The Morgan fingerprint density at radius 1 is 1.20 bits per heavy atom. The van der Waals surface area contributed by atoms with Crippen molar-refractivity contribution >= 4 is 8.07 Å². The molecule has 0 saturated carbocycles. The van der Waals surface area contributed by atoms with Crippen LogP contribution in [0.5, 0.6) is 0 Å². The minimum atomic E-state index is -0.951. The van der Waals surface area contributed by atoms with E-state index in [4.69, 9.17) is 0 Å². The first-order valence-electron chi connectivity index (χ1n) is 6.39. The van der Waals surface area contributed by atoms with E-state index in [2.05, 4.69) is 44.5 Å². The van der Waals surface area contributed by atoms with Gasteiger partial charge in [-0.1, -0.05) is 39.1 Å². The second-order valence-electron chi connectivity index (χ2n) is 5.19. The van der Waals surface area contributed by atoms with Gasteiger partial charge >= 0.3 is 0 Å². The summed E-state index contributed by atoms with van der Waals surface area (Å²) in [5.41, 5.74) is 0. The van der Waals surface area contributed by atoms with Crippen LogP contribution in [0.15, 0.2) is 12.7 Å². The predicted molar refractivity (Wildman–Crippen MR) is 74.3 cm³/mol. The molecule has 0 bridgehead atoms. The monoisotopic (exact) mass is 227 g/mol. The summed E-state index contributed by atoms with van der Waals surface area (Å²) >= 11 is 0. The van der Waals surface area contributed by atoms with E-state index in [0.29, 0.717) is 0 Å². The molecular weight excluding hydrogens is 198 g/mol. The van der Waals surface area contributed by atoms with Gasteiger partial charge in [0.1, 0.15) is 0 Å². The lowest BCUT2D eigenvalue weighted by Gasteiger charge is -2.24. The summed E-state index contributed by atoms with van der Waals surface area (Å²) in [7, 11) is -0.951. The number of allylic oxidation sites excluding steroid dienone is 1. The van der Waals surface area contributed by atoms with E-state index in [-0.39, 0.29) is 0 Å². The van der Waals surface area contributed by atoms with Gasteiger partial charge in [0.15, 0.2) is 0 Å². The smallest absolute Gasteiger partial charge is 0.0511 e. The summed E-state index contributed by atoms with van der Waals surface area (Å²) in [5, 5.41) is 0. The molecule has 0 N–H and O–H groups in total. The van der Waals surface area contributed by atoms with Gasteiger partial charge in [0.2, 0.25) is 0 Å². The van der Waals surface area contributed by atoms with Crippen molar-refractivity contribution in [1.29, 1.82) is 0 Å². The molecule has 0 aromatic carbocycles. The lowest BCUT2D eigenvalue weighted by Crippen LogP contribution is -2.29. The van der Waals surface area contributed by atoms with Crippen LogP contribution < -0.4 is 0 Å². The number of nitrogens with zero attached hydrogens (tertiary/aromatic N) is 1. The molecule has 0 heterocycles. The van der Waals surface area contributed by atoms with Crippen LogP contribution in [0.4, 0.5) is 0 Å². The molecule has 90 valence electrons. The van der Waals surface area contributed by atoms with Gasteiger partial charge in [0.25, 0.3) is 0 Å². The molecule has 0 fully saturated rings. The van der Waals surface area contributed by atoms with E-state index in [1.807, 2.05) is 0 Å². The lowest BCUT2D eigenvalue weighted by molar-refractivity contribution is 0.289. The SMILES string of the molecule is C=CC[Si](C)(C)CCCN(CC)CCC. The predicted octanol–water partition coefficient (Wildman–Crippen LogP) is 4.00. The molecule has 15 heavy (non-hydrogen) atoms. The third-order valence-electron chi connectivity index (χ3n) is 3.01. The fraction of sp³-hybridized carbons (Fsp3) is 0.846. The number of rotatable bonds is 9. The molecule has 0 saturated heterocycles. The summed E-state index contributed by atoms with van der Waals surface area (Å²) in [5.74, 6) is 0. The Labute approximate surface area is 97.6 Å². The molecule has 0 aromatic rings. The second kappa shape index (κ2) is 8.11. The van der Waals surface area contributed by atoms with Crippen LogP contribution in [0.1, 0.15) is 26.7 Å². The molecule has 0 unspecified atom stereocenters. The fourth-order valence-corrected chi connectivity index (χ4v) is 4.12. The quantitative estimate of drug-likeness (QED) is 0.425. The molecule has 2 heteroatoms. The maximum Gasteiger partial charge on any atom is 0.0511 e. The molecule has 0 atom stereocenters. The molecule has 0 spiro atoms. The van der Waals surface area contributed by atoms with Crippen LogP contribution in [0.25, 0.3) is 0 Å². The van der Waals surface area contributed by atoms with Gasteiger partial charge in [-0.2, -0.15) is 0 Å². The lowest BCUT2D eigenvalue weighted by atomic mass is 10.3. The van der Waals surface area contributed by atoms with E-state index in [9.17, 15) is 0 Å². The van der Waals surface area contributed by atoms with Crippen LogP contribution in [0.3, 0.4) is 0 Å². The minimum absolute atomic E-state index is 0.951. The van der Waals surface area contributed by atoms with Crippen LogP contribution >= 0.6 is 0 Å². The Bertz CT molecular complexity index is 166. The van der Waals surface area contributed by atoms with Crippen LogP contribution in [0.2, 0.25) is 25.2 Å². The van der Waals surface area contributed by atoms with Crippen LogP contribution in [-0.4, -0.2) is 32.6 Å². The molecule has 0 aliphatic heterocycles. The Balaban J connectivity index is 3.70. The fourth-order valence-electron chi connectivity index (χ4n) is 2.02. The number of hydrogen-bond donors (Lipinski definition) is 0.